The number of ether oxygens (including phenoxy) is 1. The maximum absolute atomic E-state index is 11.6. The van der Waals surface area contributed by atoms with E-state index in [4.69, 9.17) is 4.74 Å². The molecule has 0 aliphatic heterocycles. The van der Waals surface area contributed by atoms with Crippen molar-refractivity contribution in [1.29, 1.82) is 0 Å². The van der Waals surface area contributed by atoms with Crippen molar-refractivity contribution in [3.8, 4) is 0 Å². The minimum absolute atomic E-state index is 0.0396. The molecular weight excluding hydrogens is 238 g/mol. The quantitative estimate of drug-likeness (QED) is 0.765. The van der Waals surface area contributed by atoms with Crippen LogP contribution < -0.4 is 11.2 Å². The molecule has 1 rings (SSSR count). The van der Waals surface area contributed by atoms with E-state index in [9.17, 15) is 14.5 Å². The molecule has 0 saturated heterocycles. The predicted molar refractivity (Wildman–Crippen MR) is 66.6 cm³/mol. The first-order valence-electron chi connectivity index (χ1n) is 5.76. The fraction of sp³-hybridized carbons (Fsp3) is 0.636. The van der Waals surface area contributed by atoms with Crippen LogP contribution in [0, 0.1) is 11.8 Å². The highest BCUT2D eigenvalue weighted by Gasteiger charge is 2.15. The highest BCUT2D eigenvalue weighted by Crippen LogP contribution is 2.10. The number of rotatable bonds is 6. The number of hydrogen-bond acceptors (Lipinski definition) is 5. The number of H-pyrrole nitrogens is 1. The van der Waals surface area contributed by atoms with E-state index in [0.717, 1.165) is 0 Å². The average Bonchev–Trinajstić information content (AvgIpc) is 2.33. The third-order valence-electron chi connectivity index (χ3n) is 2.66. The molecule has 1 aromatic rings. The Hall–Kier alpha value is -1.76. The maximum Gasteiger partial charge on any atom is 0.330 e. The van der Waals surface area contributed by atoms with Gasteiger partial charge in [0.1, 0.15) is 12.8 Å². The Bertz CT molecular complexity index is 520. The summed E-state index contributed by atoms with van der Waals surface area (Å²) in [6.07, 6.45) is 1.15. The summed E-state index contributed by atoms with van der Waals surface area (Å²) in [5, 5.41) is 2.79. The van der Waals surface area contributed by atoms with E-state index in [1.165, 1.54) is 10.8 Å². The lowest BCUT2D eigenvalue weighted by molar-refractivity contribution is -0.0421. The van der Waals surface area contributed by atoms with Crippen LogP contribution in [-0.2, 0) is 4.74 Å². The van der Waals surface area contributed by atoms with Gasteiger partial charge in [0.25, 0.3) is 5.56 Å². The molecule has 0 aliphatic rings. The third kappa shape index (κ3) is 3.36. The molecule has 0 bridgehead atoms. The Balaban J connectivity index is 2.93. The summed E-state index contributed by atoms with van der Waals surface area (Å²) in [5.41, 5.74) is -0.524. The van der Waals surface area contributed by atoms with Crippen LogP contribution in [-0.4, -0.2) is 22.2 Å². The van der Waals surface area contributed by atoms with E-state index < -0.39 is 17.5 Å². The van der Waals surface area contributed by atoms with Crippen molar-refractivity contribution >= 4 is 0 Å². The first-order chi connectivity index (χ1) is 8.49. The molecule has 18 heavy (non-hydrogen) atoms. The molecule has 0 aliphatic carbocycles. The van der Waals surface area contributed by atoms with E-state index >= 15 is 0 Å². The van der Waals surface area contributed by atoms with Gasteiger partial charge in [-0.15, -0.1) is 0 Å². The number of aryl methyl sites for hydroxylation is 1. The van der Waals surface area contributed by atoms with E-state index in [2.05, 4.69) is 10.2 Å². The van der Waals surface area contributed by atoms with Crippen molar-refractivity contribution in [2.24, 2.45) is 5.18 Å². The third-order valence-corrected chi connectivity index (χ3v) is 2.66. The number of nitrogens with zero attached hydrogens (tertiary/aromatic N) is 2. The fourth-order valence-electron chi connectivity index (χ4n) is 1.55. The average molecular weight is 255 g/mol. The van der Waals surface area contributed by atoms with Crippen molar-refractivity contribution < 1.29 is 4.74 Å². The minimum Gasteiger partial charge on any atom is -0.353 e. The zero-order valence-electron chi connectivity index (χ0n) is 10.7. The van der Waals surface area contributed by atoms with Gasteiger partial charge in [-0.3, -0.25) is 14.3 Å². The van der Waals surface area contributed by atoms with E-state index in [1.807, 2.05) is 6.92 Å². The van der Waals surface area contributed by atoms with Crippen LogP contribution in [0.25, 0.3) is 0 Å². The first-order valence-corrected chi connectivity index (χ1v) is 5.76. The highest BCUT2D eigenvalue weighted by molar-refractivity contribution is 5.01. The van der Waals surface area contributed by atoms with E-state index in [1.54, 1.807) is 13.8 Å². The SMILES string of the molecule is CC[C@@H](CN=O)O[C@H](C)n1cc(C)c(=O)[nH]c1=O. The molecule has 0 saturated carbocycles. The largest absolute Gasteiger partial charge is 0.353 e. The van der Waals surface area contributed by atoms with E-state index in [-0.39, 0.29) is 12.6 Å². The normalized spacial score (nSPS) is 14.2. The molecule has 1 N–H and O–H groups in total. The molecule has 1 aromatic heterocycles. The Labute approximate surface area is 104 Å². The molecular formula is C11H17N3O4. The lowest BCUT2D eigenvalue weighted by atomic mass is 10.3. The van der Waals surface area contributed by atoms with Crippen LogP contribution in [0.15, 0.2) is 21.0 Å². The van der Waals surface area contributed by atoms with Crippen molar-refractivity contribution in [1.82, 2.24) is 9.55 Å². The van der Waals surface area contributed by atoms with Crippen LogP contribution in [0.2, 0.25) is 0 Å². The minimum atomic E-state index is -0.570. The van der Waals surface area contributed by atoms with Crippen molar-refractivity contribution in [2.75, 3.05) is 6.54 Å². The fourth-order valence-corrected chi connectivity index (χ4v) is 1.55. The summed E-state index contributed by atoms with van der Waals surface area (Å²) in [5.74, 6) is 0. The van der Waals surface area contributed by atoms with Gasteiger partial charge in [0, 0.05) is 11.8 Å². The second-order valence-electron chi connectivity index (χ2n) is 4.06. The summed E-state index contributed by atoms with van der Waals surface area (Å²) >= 11 is 0. The standard InChI is InChI=1S/C11H17N3O4/c1-4-9(5-12-17)18-8(3)14-6-7(2)10(15)13-11(14)16/h6,8-9H,4-5H2,1-3H3,(H,13,15,16)/t8-,9+/m1/s1. The Morgan fingerprint density at radius 1 is 1.50 bits per heavy atom. The van der Waals surface area contributed by atoms with Crippen LogP contribution in [0.4, 0.5) is 0 Å². The van der Waals surface area contributed by atoms with Crippen molar-refractivity contribution in [3.05, 3.63) is 37.5 Å². The molecule has 7 heteroatoms. The second-order valence-corrected chi connectivity index (χ2v) is 4.06. The van der Waals surface area contributed by atoms with Crippen LogP contribution >= 0.6 is 0 Å². The number of aromatic amines is 1. The van der Waals surface area contributed by atoms with Gasteiger partial charge in [-0.2, -0.15) is 4.91 Å². The molecule has 0 radical (unpaired) electrons. The maximum atomic E-state index is 11.6. The van der Waals surface area contributed by atoms with Crippen molar-refractivity contribution in [3.63, 3.8) is 0 Å². The molecule has 0 unspecified atom stereocenters. The van der Waals surface area contributed by atoms with Gasteiger partial charge < -0.3 is 4.74 Å². The van der Waals surface area contributed by atoms with Gasteiger partial charge in [0.05, 0.1) is 6.10 Å². The molecule has 0 fully saturated rings. The topological polar surface area (TPSA) is 93.5 Å². The number of hydrogen-bond donors (Lipinski definition) is 1. The molecule has 0 spiro atoms. The Kier molecular flexibility index (Phi) is 4.96. The van der Waals surface area contributed by atoms with Crippen LogP contribution in [0.5, 0.6) is 0 Å². The molecule has 100 valence electrons. The zero-order valence-corrected chi connectivity index (χ0v) is 10.7. The van der Waals surface area contributed by atoms with Crippen LogP contribution in [0.3, 0.4) is 0 Å². The lowest BCUT2D eigenvalue weighted by Crippen LogP contribution is -2.34. The summed E-state index contributed by atoms with van der Waals surface area (Å²) in [6.45, 7) is 5.18. The van der Waals surface area contributed by atoms with E-state index in [0.29, 0.717) is 12.0 Å². The number of nitroso groups, excluding NO2 is 1. The van der Waals surface area contributed by atoms with Gasteiger partial charge in [0.2, 0.25) is 0 Å². The predicted octanol–water partition coefficient (Wildman–Crippen LogP) is 0.925. The van der Waals surface area contributed by atoms with Gasteiger partial charge >= 0.3 is 5.69 Å². The Morgan fingerprint density at radius 3 is 2.72 bits per heavy atom. The summed E-state index contributed by atoms with van der Waals surface area (Å²) in [4.78, 5) is 35.2. The smallest absolute Gasteiger partial charge is 0.330 e. The van der Waals surface area contributed by atoms with Crippen molar-refractivity contribution in [2.45, 2.75) is 39.5 Å². The molecule has 2 atom stereocenters. The number of aromatic nitrogens is 2. The first kappa shape index (κ1) is 14.3. The highest BCUT2D eigenvalue weighted by atomic mass is 16.5. The summed E-state index contributed by atoms with van der Waals surface area (Å²) in [7, 11) is 0. The monoisotopic (exact) mass is 255 g/mol. The van der Waals surface area contributed by atoms with Gasteiger partial charge in [-0.25, -0.2) is 4.79 Å². The van der Waals surface area contributed by atoms with Gasteiger partial charge in [-0.1, -0.05) is 12.1 Å². The Morgan fingerprint density at radius 2 is 2.17 bits per heavy atom. The summed E-state index contributed by atoms with van der Waals surface area (Å²) < 4.78 is 6.83. The molecule has 0 amide bonds. The summed E-state index contributed by atoms with van der Waals surface area (Å²) in [6, 6.07) is 0. The van der Waals surface area contributed by atoms with Gasteiger partial charge in [-0.05, 0) is 20.3 Å². The second kappa shape index (κ2) is 6.25. The van der Waals surface area contributed by atoms with Crippen LogP contribution in [0.1, 0.15) is 32.1 Å². The zero-order chi connectivity index (χ0) is 13.7. The number of nitrogens with one attached hydrogen (secondary N) is 1. The molecule has 7 nitrogen and oxygen atoms in total. The molecule has 0 aromatic carbocycles. The van der Waals surface area contributed by atoms with Gasteiger partial charge in [0.15, 0.2) is 0 Å². The molecule has 1 heterocycles. The lowest BCUT2D eigenvalue weighted by Gasteiger charge is -2.21.